The molecule has 1 amide bonds. The average Bonchev–Trinajstić information content (AvgIpc) is 2.24. The van der Waals surface area contributed by atoms with Crippen LogP contribution in [0.25, 0.3) is 0 Å². The van der Waals surface area contributed by atoms with Crippen LogP contribution in [0.1, 0.15) is 27.7 Å². The Morgan fingerprint density at radius 1 is 1.46 bits per heavy atom. The van der Waals surface area contributed by atoms with Crippen LogP contribution in [0.4, 0.5) is 0 Å². The number of allylic oxidation sites excluding steroid dienone is 1. The molecule has 1 aliphatic rings. The molecule has 0 spiro atoms. The summed E-state index contributed by atoms with van der Waals surface area (Å²) in [5.74, 6) is -0.0417. The Labute approximate surface area is 83.8 Å². The molecule has 1 fully saturated rings. The van der Waals surface area contributed by atoms with Crippen molar-refractivity contribution in [3.63, 3.8) is 0 Å². The van der Waals surface area contributed by atoms with Crippen molar-refractivity contribution in [2.24, 2.45) is 0 Å². The van der Waals surface area contributed by atoms with E-state index >= 15 is 0 Å². The Kier molecular flexibility index (Phi) is 2.43. The molecule has 0 atom stereocenters. The molecule has 1 rings (SSSR count). The van der Waals surface area contributed by atoms with E-state index < -0.39 is 0 Å². The first-order valence-electron chi connectivity index (χ1n) is 4.20. The Morgan fingerprint density at radius 2 is 2.00 bits per heavy atom. The van der Waals surface area contributed by atoms with Gasteiger partial charge in [-0.3, -0.25) is 9.69 Å². The molecule has 0 radical (unpaired) electrons. The second kappa shape index (κ2) is 3.10. The molecule has 1 N–H and O–H groups in total. The van der Waals surface area contributed by atoms with Gasteiger partial charge in [-0.25, -0.2) is 0 Å². The number of hydrogen-bond donors (Lipinski definition) is 1. The molecular weight excluding hydrogens is 184 g/mol. The highest BCUT2D eigenvalue weighted by molar-refractivity contribution is 7.80. The van der Waals surface area contributed by atoms with Gasteiger partial charge < -0.3 is 5.32 Å². The van der Waals surface area contributed by atoms with Crippen molar-refractivity contribution in [3.05, 3.63) is 11.8 Å². The van der Waals surface area contributed by atoms with Crippen LogP contribution in [-0.2, 0) is 4.79 Å². The highest BCUT2D eigenvalue weighted by Crippen LogP contribution is 2.20. The molecule has 1 aliphatic heterocycles. The van der Waals surface area contributed by atoms with Crippen LogP contribution < -0.4 is 5.32 Å². The number of amides is 1. The summed E-state index contributed by atoms with van der Waals surface area (Å²) in [6.07, 6.45) is 1.74. The van der Waals surface area contributed by atoms with Gasteiger partial charge >= 0.3 is 0 Å². The molecule has 0 saturated carbocycles. The van der Waals surface area contributed by atoms with Crippen LogP contribution >= 0.6 is 12.2 Å². The van der Waals surface area contributed by atoms with E-state index in [0.717, 1.165) is 0 Å². The molecule has 0 aliphatic carbocycles. The van der Waals surface area contributed by atoms with Crippen molar-refractivity contribution in [2.45, 2.75) is 33.2 Å². The summed E-state index contributed by atoms with van der Waals surface area (Å²) in [5.41, 5.74) is 0.311. The maximum atomic E-state index is 11.7. The molecule has 13 heavy (non-hydrogen) atoms. The number of hydrogen-bond acceptors (Lipinski definition) is 2. The number of nitrogens with zero attached hydrogens (tertiary/aromatic N) is 1. The third kappa shape index (κ3) is 1.72. The molecule has 0 aromatic heterocycles. The first-order chi connectivity index (χ1) is 5.88. The molecule has 0 bridgehead atoms. The van der Waals surface area contributed by atoms with Crippen molar-refractivity contribution < 1.29 is 4.79 Å². The zero-order valence-corrected chi connectivity index (χ0v) is 9.16. The van der Waals surface area contributed by atoms with Gasteiger partial charge in [-0.1, -0.05) is 6.08 Å². The Hall–Kier alpha value is -0.900. The monoisotopic (exact) mass is 198 g/mol. The van der Waals surface area contributed by atoms with Crippen LogP contribution in [0.15, 0.2) is 11.8 Å². The van der Waals surface area contributed by atoms with E-state index in [1.165, 1.54) is 0 Å². The smallest absolute Gasteiger partial charge is 0.276 e. The van der Waals surface area contributed by atoms with E-state index in [4.69, 9.17) is 12.2 Å². The first kappa shape index (κ1) is 10.2. The largest absolute Gasteiger partial charge is 0.328 e. The fourth-order valence-corrected chi connectivity index (χ4v) is 1.71. The van der Waals surface area contributed by atoms with Crippen LogP contribution in [0.2, 0.25) is 0 Å². The Morgan fingerprint density at radius 3 is 2.23 bits per heavy atom. The van der Waals surface area contributed by atoms with E-state index in [0.29, 0.717) is 10.8 Å². The van der Waals surface area contributed by atoms with E-state index in [2.05, 4.69) is 5.32 Å². The van der Waals surface area contributed by atoms with E-state index in [1.54, 1.807) is 11.0 Å². The van der Waals surface area contributed by atoms with E-state index in [9.17, 15) is 4.79 Å². The lowest BCUT2D eigenvalue weighted by molar-refractivity contribution is -0.125. The summed E-state index contributed by atoms with van der Waals surface area (Å²) in [6, 6.07) is 0. The second-order valence-corrected chi connectivity index (χ2v) is 4.33. The third-order valence-electron chi connectivity index (χ3n) is 1.84. The second-order valence-electron chi connectivity index (χ2n) is 3.94. The van der Waals surface area contributed by atoms with E-state index in [-0.39, 0.29) is 11.4 Å². The Bertz CT molecular complexity index is 288. The lowest BCUT2D eigenvalue weighted by Gasteiger charge is -2.29. The van der Waals surface area contributed by atoms with Gasteiger partial charge in [-0.05, 0) is 39.9 Å². The van der Waals surface area contributed by atoms with Gasteiger partial charge in [0.25, 0.3) is 5.91 Å². The van der Waals surface area contributed by atoms with Gasteiger partial charge in [0.1, 0.15) is 5.70 Å². The summed E-state index contributed by atoms with van der Waals surface area (Å²) in [5, 5.41) is 3.37. The summed E-state index contributed by atoms with van der Waals surface area (Å²) in [7, 11) is 0. The zero-order valence-electron chi connectivity index (χ0n) is 8.34. The lowest BCUT2D eigenvalue weighted by Crippen LogP contribution is -2.45. The normalized spacial score (nSPS) is 21.2. The minimum Gasteiger partial charge on any atom is -0.328 e. The molecule has 4 heteroatoms. The lowest BCUT2D eigenvalue weighted by atomic mass is 10.1. The minimum atomic E-state index is -0.258. The summed E-state index contributed by atoms with van der Waals surface area (Å²) >= 11 is 5.06. The molecule has 72 valence electrons. The summed E-state index contributed by atoms with van der Waals surface area (Å²) in [4.78, 5) is 13.3. The van der Waals surface area contributed by atoms with Gasteiger partial charge in [0, 0.05) is 5.54 Å². The topological polar surface area (TPSA) is 32.3 Å². The van der Waals surface area contributed by atoms with Crippen molar-refractivity contribution in [3.8, 4) is 0 Å². The van der Waals surface area contributed by atoms with Gasteiger partial charge in [-0.2, -0.15) is 0 Å². The maximum absolute atomic E-state index is 11.7. The van der Waals surface area contributed by atoms with Crippen molar-refractivity contribution in [2.75, 3.05) is 0 Å². The number of nitrogens with one attached hydrogen (secondary N) is 1. The highest BCUT2D eigenvalue weighted by Gasteiger charge is 2.37. The molecule has 0 aromatic carbocycles. The fourth-order valence-electron chi connectivity index (χ4n) is 1.24. The van der Waals surface area contributed by atoms with Crippen LogP contribution in [0.3, 0.4) is 0 Å². The van der Waals surface area contributed by atoms with Crippen LogP contribution in [0.5, 0.6) is 0 Å². The van der Waals surface area contributed by atoms with Crippen LogP contribution in [-0.4, -0.2) is 21.5 Å². The van der Waals surface area contributed by atoms with Crippen LogP contribution in [0, 0.1) is 0 Å². The predicted molar refractivity (Wildman–Crippen MR) is 56.1 cm³/mol. The molecule has 3 nitrogen and oxygen atoms in total. The highest BCUT2D eigenvalue weighted by atomic mass is 32.1. The minimum absolute atomic E-state index is 0.0417. The number of thiocarbonyl (C=S) groups is 1. The summed E-state index contributed by atoms with van der Waals surface area (Å²) in [6.45, 7) is 7.68. The molecular formula is C9H14N2OS. The van der Waals surface area contributed by atoms with Gasteiger partial charge in [0.05, 0.1) is 0 Å². The molecule has 1 heterocycles. The molecule has 0 unspecified atom stereocenters. The predicted octanol–water partition coefficient (Wildman–Crippen LogP) is 1.41. The SMILES string of the molecule is C/C=C1\NC(=S)N(C(C)(C)C)C1=O. The quantitative estimate of drug-likeness (QED) is 0.472. The first-order valence-corrected chi connectivity index (χ1v) is 4.60. The standard InChI is InChI=1S/C9H14N2OS/c1-5-6-7(12)11(8(13)10-6)9(2,3)4/h5H,1-4H3,(H,10,13)/b6-5-. The van der Waals surface area contributed by atoms with Crippen molar-refractivity contribution in [1.29, 1.82) is 0 Å². The van der Waals surface area contributed by atoms with Gasteiger partial charge in [-0.15, -0.1) is 0 Å². The Balaban J connectivity index is 3.03. The maximum Gasteiger partial charge on any atom is 0.276 e. The van der Waals surface area contributed by atoms with Crippen molar-refractivity contribution >= 4 is 23.2 Å². The number of rotatable bonds is 0. The third-order valence-corrected chi connectivity index (χ3v) is 2.12. The average molecular weight is 198 g/mol. The van der Waals surface area contributed by atoms with Crippen molar-refractivity contribution in [1.82, 2.24) is 10.2 Å². The fraction of sp³-hybridized carbons (Fsp3) is 0.556. The van der Waals surface area contributed by atoms with Gasteiger partial charge in [0.15, 0.2) is 5.11 Å². The molecule has 0 aromatic rings. The summed E-state index contributed by atoms with van der Waals surface area (Å²) < 4.78 is 0. The number of carbonyl (C=O) groups excluding carboxylic acids is 1. The zero-order chi connectivity index (χ0) is 10.2. The number of carbonyl (C=O) groups is 1. The molecule has 1 saturated heterocycles. The van der Waals surface area contributed by atoms with Gasteiger partial charge in [0.2, 0.25) is 0 Å². The van der Waals surface area contributed by atoms with E-state index in [1.807, 2.05) is 27.7 Å².